The van der Waals surface area contributed by atoms with Gasteiger partial charge in [-0.25, -0.2) is 5.43 Å². The van der Waals surface area contributed by atoms with Gasteiger partial charge >= 0.3 is 0 Å². The minimum Gasteiger partial charge on any atom is -0.448 e. The van der Waals surface area contributed by atoms with Gasteiger partial charge in [0.25, 0.3) is 11.8 Å². The number of halogens is 2. The van der Waals surface area contributed by atoms with Gasteiger partial charge in [-0.15, -0.1) is 11.3 Å². The minimum atomic E-state index is -0.387. The fourth-order valence-electron chi connectivity index (χ4n) is 2.67. The highest BCUT2D eigenvalue weighted by Gasteiger charge is 2.17. The number of furan rings is 1. The van der Waals surface area contributed by atoms with Gasteiger partial charge in [-0.2, -0.15) is 5.10 Å². The molecule has 4 aromatic rings. The first-order chi connectivity index (χ1) is 14.5. The number of hydrogen-bond donors (Lipinski definition) is 2. The van der Waals surface area contributed by atoms with Gasteiger partial charge in [-0.3, -0.25) is 9.59 Å². The third-order valence-electron chi connectivity index (χ3n) is 4.10. The Labute approximate surface area is 188 Å². The average Bonchev–Trinajstić information content (AvgIpc) is 3.31. The molecule has 30 heavy (non-hydrogen) atoms. The largest absolute Gasteiger partial charge is 0.448 e. The van der Waals surface area contributed by atoms with E-state index >= 15 is 0 Å². The fourth-order valence-corrected chi connectivity index (χ4v) is 4.40. The van der Waals surface area contributed by atoms with E-state index in [0.717, 1.165) is 10.1 Å². The summed E-state index contributed by atoms with van der Waals surface area (Å²) in [5.41, 5.74) is 3.36. The number of nitrogens with zero attached hydrogens (tertiary/aromatic N) is 1. The number of nitrogens with one attached hydrogen (secondary N) is 2. The van der Waals surface area contributed by atoms with Gasteiger partial charge in [0.15, 0.2) is 4.67 Å². The first kappa shape index (κ1) is 20.3. The summed E-state index contributed by atoms with van der Waals surface area (Å²) >= 11 is 10.9. The first-order valence-electron chi connectivity index (χ1n) is 8.68. The van der Waals surface area contributed by atoms with Crippen LogP contribution in [0.1, 0.15) is 25.8 Å². The van der Waals surface area contributed by atoms with Crippen LogP contribution < -0.4 is 10.7 Å². The number of thiophene rings is 1. The Bertz CT molecular complexity index is 1260. The molecule has 0 saturated heterocycles. The molecular formula is C21H13BrClN3O3S. The molecule has 0 aliphatic heterocycles. The summed E-state index contributed by atoms with van der Waals surface area (Å²) in [5, 5.41) is 7.94. The number of benzene rings is 2. The van der Waals surface area contributed by atoms with E-state index in [-0.39, 0.29) is 11.8 Å². The Morgan fingerprint density at radius 1 is 1.03 bits per heavy atom. The van der Waals surface area contributed by atoms with Crippen LogP contribution in [-0.4, -0.2) is 18.0 Å². The smallest absolute Gasteiger partial charge is 0.271 e. The predicted molar refractivity (Wildman–Crippen MR) is 123 cm³/mol. The number of hydrogen-bond acceptors (Lipinski definition) is 5. The molecular weight excluding hydrogens is 490 g/mol. The van der Waals surface area contributed by atoms with E-state index in [1.807, 2.05) is 24.3 Å². The van der Waals surface area contributed by atoms with Crippen molar-refractivity contribution in [2.75, 3.05) is 5.32 Å². The van der Waals surface area contributed by atoms with E-state index < -0.39 is 0 Å². The second kappa shape index (κ2) is 8.83. The summed E-state index contributed by atoms with van der Waals surface area (Å²) < 4.78 is 6.78. The molecule has 0 spiro atoms. The normalized spacial score (nSPS) is 11.1. The lowest BCUT2D eigenvalue weighted by Crippen LogP contribution is -2.17. The van der Waals surface area contributed by atoms with Crippen LogP contribution in [0, 0.1) is 0 Å². The van der Waals surface area contributed by atoms with Crippen LogP contribution in [0.5, 0.6) is 0 Å². The van der Waals surface area contributed by atoms with Gasteiger partial charge in [0, 0.05) is 21.3 Å². The van der Waals surface area contributed by atoms with E-state index in [1.165, 1.54) is 17.6 Å². The van der Waals surface area contributed by atoms with Crippen LogP contribution in [0.25, 0.3) is 10.1 Å². The molecule has 2 N–H and O–H groups in total. The van der Waals surface area contributed by atoms with Crippen molar-refractivity contribution in [1.29, 1.82) is 0 Å². The molecule has 0 fully saturated rings. The van der Waals surface area contributed by atoms with E-state index in [4.69, 9.17) is 16.0 Å². The zero-order valence-electron chi connectivity index (χ0n) is 15.2. The molecule has 0 radical (unpaired) electrons. The maximum atomic E-state index is 12.6. The van der Waals surface area contributed by atoms with Crippen molar-refractivity contribution in [3.63, 3.8) is 0 Å². The van der Waals surface area contributed by atoms with Crippen molar-refractivity contribution in [1.82, 2.24) is 5.43 Å². The highest BCUT2D eigenvalue weighted by molar-refractivity contribution is 9.10. The van der Waals surface area contributed by atoms with Gasteiger partial charge < -0.3 is 9.73 Å². The Morgan fingerprint density at radius 2 is 1.80 bits per heavy atom. The number of amides is 2. The minimum absolute atomic E-state index is 0.299. The van der Waals surface area contributed by atoms with Crippen molar-refractivity contribution in [3.05, 3.63) is 86.6 Å². The number of hydrazone groups is 1. The molecule has 4 rings (SSSR count). The van der Waals surface area contributed by atoms with Gasteiger partial charge in [-0.05, 0) is 58.4 Å². The maximum absolute atomic E-state index is 12.6. The summed E-state index contributed by atoms with van der Waals surface area (Å²) in [6.45, 7) is 0. The van der Waals surface area contributed by atoms with Gasteiger partial charge in [0.1, 0.15) is 10.6 Å². The van der Waals surface area contributed by atoms with E-state index in [2.05, 4.69) is 31.8 Å². The standard InChI is InChI=1S/C21H13BrClN3O3S/c22-17-10-9-14(29-17)11-24-26-20(27)12-5-7-13(8-6-12)25-21(28)19-18(23)15-3-1-2-4-16(15)30-19/h1-11H,(H,25,28)(H,26,27)/b24-11-. The van der Waals surface area contributed by atoms with Crippen LogP contribution in [-0.2, 0) is 0 Å². The monoisotopic (exact) mass is 501 g/mol. The molecule has 2 aromatic heterocycles. The fraction of sp³-hybridized carbons (Fsp3) is 0. The second-order valence-electron chi connectivity index (χ2n) is 6.11. The van der Waals surface area contributed by atoms with Crippen LogP contribution in [0.3, 0.4) is 0 Å². The van der Waals surface area contributed by atoms with Gasteiger partial charge in [-0.1, -0.05) is 29.8 Å². The molecule has 0 aliphatic carbocycles. The number of fused-ring (bicyclic) bond motifs is 1. The zero-order chi connectivity index (χ0) is 21.1. The second-order valence-corrected chi connectivity index (χ2v) is 8.33. The van der Waals surface area contributed by atoms with Crippen molar-refractivity contribution >= 4 is 72.7 Å². The molecule has 2 amide bonds. The van der Waals surface area contributed by atoms with Crippen LogP contribution in [0.2, 0.25) is 5.02 Å². The van der Waals surface area contributed by atoms with E-state index in [9.17, 15) is 9.59 Å². The van der Waals surface area contributed by atoms with Gasteiger partial charge in [0.05, 0.1) is 11.2 Å². The molecule has 2 aromatic carbocycles. The number of carbonyl (C=O) groups excluding carboxylic acids is 2. The molecule has 0 unspecified atom stereocenters. The third-order valence-corrected chi connectivity index (χ3v) is 6.20. The van der Waals surface area contributed by atoms with Crippen LogP contribution in [0.4, 0.5) is 5.69 Å². The first-order valence-corrected chi connectivity index (χ1v) is 10.7. The summed E-state index contributed by atoms with van der Waals surface area (Å²) in [6, 6.07) is 17.5. The molecule has 0 atom stereocenters. The number of carbonyl (C=O) groups is 2. The molecule has 150 valence electrons. The molecule has 0 aliphatic rings. The van der Waals surface area contributed by atoms with Crippen molar-refractivity contribution < 1.29 is 14.0 Å². The lowest BCUT2D eigenvalue weighted by molar-refractivity contribution is 0.0954. The molecule has 6 nitrogen and oxygen atoms in total. The molecule has 0 bridgehead atoms. The average molecular weight is 503 g/mol. The Kier molecular flexibility index (Phi) is 5.98. The summed E-state index contributed by atoms with van der Waals surface area (Å²) in [7, 11) is 0. The SMILES string of the molecule is O=C(N/N=C\c1ccc(Br)o1)c1ccc(NC(=O)c2sc3ccccc3c2Cl)cc1. The molecule has 2 heterocycles. The Hall–Kier alpha value is -2.94. The van der Waals surface area contributed by atoms with Crippen molar-refractivity contribution in [2.24, 2.45) is 5.10 Å². The quantitative estimate of drug-likeness (QED) is 0.262. The van der Waals surface area contributed by atoms with E-state index in [1.54, 1.807) is 36.4 Å². The number of rotatable bonds is 5. The van der Waals surface area contributed by atoms with E-state index in [0.29, 0.717) is 31.6 Å². The van der Waals surface area contributed by atoms with Gasteiger partial charge in [0.2, 0.25) is 0 Å². The maximum Gasteiger partial charge on any atom is 0.271 e. The predicted octanol–water partition coefficient (Wildman–Crippen LogP) is 5.93. The van der Waals surface area contributed by atoms with Crippen molar-refractivity contribution in [3.8, 4) is 0 Å². The Balaban J connectivity index is 1.40. The summed E-state index contributed by atoms with van der Waals surface area (Å²) in [5.74, 6) is -0.185. The molecule has 0 saturated carbocycles. The molecule has 9 heteroatoms. The highest BCUT2D eigenvalue weighted by atomic mass is 79.9. The van der Waals surface area contributed by atoms with Crippen LogP contribution in [0.15, 0.2) is 74.9 Å². The van der Waals surface area contributed by atoms with Crippen LogP contribution >= 0.6 is 38.9 Å². The summed E-state index contributed by atoms with van der Waals surface area (Å²) in [6.07, 6.45) is 1.39. The van der Waals surface area contributed by atoms with Crippen molar-refractivity contribution in [2.45, 2.75) is 0 Å². The topological polar surface area (TPSA) is 83.7 Å². The zero-order valence-corrected chi connectivity index (χ0v) is 18.3. The summed E-state index contributed by atoms with van der Waals surface area (Å²) in [4.78, 5) is 25.2. The number of anilines is 1. The lowest BCUT2D eigenvalue weighted by Gasteiger charge is -2.05. The highest BCUT2D eigenvalue weighted by Crippen LogP contribution is 2.35. The Morgan fingerprint density at radius 3 is 2.50 bits per heavy atom. The third kappa shape index (κ3) is 4.46. The lowest BCUT2D eigenvalue weighted by atomic mass is 10.2.